The first-order valence-corrected chi connectivity index (χ1v) is 14.9. The highest BCUT2D eigenvalue weighted by molar-refractivity contribution is 14.1. The number of aromatic carboxylic acids is 1. The molecule has 0 radical (unpaired) electrons. The number of carboxylic acids is 1. The predicted octanol–water partition coefficient (Wildman–Crippen LogP) is 6.92. The second-order valence-electron chi connectivity index (χ2n) is 10.0. The Hall–Kier alpha value is -5.04. The topological polar surface area (TPSA) is 125 Å². The zero-order chi connectivity index (χ0) is 31.9. The molecule has 0 saturated heterocycles. The zero-order valence-corrected chi connectivity index (χ0v) is 26.9. The van der Waals surface area contributed by atoms with Crippen LogP contribution in [0.2, 0.25) is 0 Å². The molecule has 5 rings (SSSR count). The Labute approximate surface area is 273 Å². The number of halogens is 1. The van der Waals surface area contributed by atoms with Gasteiger partial charge in [0.2, 0.25) is 0 Å². The van der Waals surface area contributed by atoms with Crippen LogP contribution in [0.25, 0.3) is 5.69 Å². The van der Waals surface area contributed by atoms with Crippen molar-refractivity contribution < 1.29 is 33.3 Å². The lowest BCUT2D eigenvalue weighted by molar-refractivity contribution is 0.0696. The molecule has 2 aromatic heterocycles. The fourth-order valence-electron chi connectivity index (χ4n) is 4.57. The molecular weight excluding hydrogens is 689 g/mol. The van der Waals surface area contributed by atoms with Gasteiger partial charge < -0.3 is 28.3 Å². The van der Waals surface area contributed by atoms with Gasteiger partial charge in [-0.05, 0) is 120 Å². The molecule has 0 aliphatic rings. The second kappa shape index (κ2) is 14.2. The van der Waals surface area contributed by atoms with Gasteiger partial charge in [0.05, 0.1) is 22.5 Å². The Bertz CT molecular complexity index is 1820. The van der Waals surface area contributed by atoms with E-state index >= 15 is 0 Å². The average molecular weight is 720 g/mol. The number of aromatic nitrogens is 1. The molecule has 45 heavy (non-hydrogen) atoms. The van der Waals surface area contributed by atoms with E-state index < -0.39 is 11.9 Å². The Balaban J connectivity index is 1.14. The SMILES string of the molecule is COc1cc(/C=N/NC(=O)c2ccc(COc3ccc(-n4c(C)ccc4C)cc3)o2)cc(I)c1OCc1ccc(C(=O)O)cc1. The highest BCUT2D eigenvalue weighted by atomic mass is 127. The molecular formula is C34H30IN3O7. The van der Waals surface area contributed by atoms with Crippen molar-refractivity contribution in [1.29, 1.82) is 0 Å². The number of hydrazone groups is 1. The van der Waals surface area contributed by atoms with Crippen molar-refractivity contribution >= 4 is 40.7 Å². The Kier molecular flexibility index (Phi) is 9.88. The third kappa shape index (κ3) is 7.73. The van der Waals surface area contributed by atoms with Crippen LogP contribution in [0.4, 0.5) is 0 Å². The summed E-state index contributed by atoms with van der Waals surface area (Å²) in [5.41, 5.74) is 7.54. The maximum Gasteiger partial charge on any atom is 0.335 e. The molecule has 0 unspecified atom stereocenters. The lowest BCUT2D eigenvalue weighted by Gasteiger charge is -2.13. The number of carboxylic acid groups (broad SMARTS) is 1. The average Bonchev–Trinajstić information content (AvgIpc) is 3.65. The lowest BCUT2D eigenvalue weighted by Crippen LogP contribution is -2.16. The van der Waals surface area contributed by atoms with Gasteiger partial charge in [-0.3, -0.25) is 4.79 Å². The van der Waals surface area contributed by atoms with E-state index in [1.54, 1.807) is 30.3 Å². The molecule has 2 N–H and O–H groups in total. The molecule has 0 spiro atoms. The van der Waals surface area contributed by atoms with Crippen LogP contribution in [-0.2, 0) is 13.2 Å². The van der Waals surface area contributed by atoms with Crippen LogP contribution in [0, 0.1) is 17.4 Å². The number of carbonyl (C=O) groups excluding carboxylic acids is 1. The van der Waals surface area contributed by atoms with E-state index in [4.69, 9.17) is 23.7 Å². The minimum Gasteiger partial charge on any atom is -0.493 e. The van der Waals surface area contributed by atoms with Crippen molar-refractivity contribution in [2.75, 3.05) is 7.11 Å². The van der Waals surface area contributed by atoms with E-state index in [1.807, 2.05) is 30.3 Å². The van der Waals surface area contributed by atoms with Crippen LogP contribution in [0.15, 0.2) is 94.4 Å². The number of nitrogens with one attached hydrogen (secondary N) is 1. The van der Waals surface area contributed by atoms with Crippen molar-refractivity contribution in [1.82, 2.24) is 9.99 Å². The van der Waals surface area contributed by atoms with Crippen molar-refractivity contribution in [3.63, 3.8) is 0 Å². The Morgan fingerprint density at radius 2 is 1.64 bits per heavy atom. The highest BCUT2D eigenvalue weighted by Gasteiger charge is 2.14. The van der Waals surface area contributed by atoms with Crippen LogP contribution in [0.1, 0.15) is 49.2 Å². The monoisotopic (exact) mass is 719 g/mol. The van der Waals surface area contributed by atoms with Crippen LogP contribution in [-0.4, -0.2) is 34.9 Å². The molecule has 0 saturated carbocycles. The van der Waals surface area contributed by atoms with Crippen molar-refractivity contribution in [2.24, 2.45) is 5.10 Å². The molecule has 0 aliphatic heterocycles. The third-order valence-corrected chi connectivity index (χ3v) is 7.65. The van der Waals surface area contributed by atoms with Gasteiger partial charge >= 0.3 is 11.9 Å². The minimum atomic E-state index is -0.984. The fraction of sp³-hybridized carbons (Fsp3) is 0.147. The van der Waals surface area contributed by atoms with Crippen LogP contribution in [0.3, 0.4) is 0 Å². The van der Waals surface area contributed by atoms with Gasteiger partial charge in [0.1, 0.15) is 24.7 Å². The first kappa shape index (κ1) is 31.4. The third-order valence-electron chi connectivity index (χ3n) is 6.85. The Morgan fingerprint density at radius 1 is 0.933 bits per heavy atom. The number of ether oxygens (including phenoxy) is 3. The Morgan fingerprint density at radius 3 is 2.31 bits per heavy atom. The van der Waals surface area contributed by atoms with Gasteiger partial charge in [-0.25, -0.2) is 10.2 Å². The second-order valence-corrected chi connectivity index (χ2v) is 11.2. The first-order valence-electron chi connectivity index (χ1n) is 13.8. The maximum absolute atomic E-state index is 12.6. The van der Waals surface area contributed by atoms with E-state index in [2.05, 4.69) is 63.7 Å². The molecule has 11 heteroatoms. The van der Waals surface area contributed by atoms with Crippen molar-refractivity contribution in [3.8, 4) is 22.9 Å². The van der Waals surface area contributed by atoms with Crippen molar-refractivity contribution in [3.05, 3.63) is 128 Å². The molecule has 0 bridgehead atoms. The number of benzene rings is 3. The largest absolute Gasteiger partial charge is 0.493 e. The summed E-state index contributed by atoms with van der Waals surface area (Å²) >= 11 is 2.13. The van der Waals surface area contributed by atoms with Crippen LogP contribution >= 0.6 is 22.6 Å². The highest BCUT2D eigenvalue weighted by Crippen LogP contribution is 2.34. The molecule has 5 aromatic rings. The maximum atomic E-state index is 12.6. The number of nitrogens with zero attached hydrogens (tertiary/aromatic N) is 2. The van der Waals surface area contributed by atoms with Crippen molar-refractivity contribution in [2.45, 2.75) is 27.1 Å². The number of hydrogen-bond donors (Lipinski definition) is 2. The predicted molar refractivity (Wildman–Crippen MR) is 177 cm³/mol. The molecule has 1 amide bonds. The molecule has 0 atom stereocenters. The van der Waals surface area contributed by atoms with E-state index in [9.17, 15) is 9.59 Å². The number of hydrogen-bond acceptors (Lipinski definition) is 7. The summed E-state index contributed by atoms with van der Waals surface area (Å²) in [6, 6.07) is 25.2. The number of furan rings is 1. The van der Waals surface area contributed by atoms with E-state index in [0.717, 1.165) is 26.2 Å². The number of carbonyl (C=O) groups is 2. The number of rotatable bonds is 12. The van der Waals surface area contributed by atoms with Crippen LogP contribution in [0.5, 0.6) is 17.2 Å². The van der Waals surface area contributed by atoms with E-state index in [1.165, 1.54) is 25.5 Å². The molecule has 2 heterocycles. The molecule has 0 aliphatic carbocycles. The smallest absolute Gasteiger partial charge is 0.335 e. The van der Waals surface area contributed by atoms with Gasteiger partial charge in [0.25, 0.3) is 0 Å². The van der Waals surface area contributed by atoms with Gasteiger partial charge in [0.15, 0.2) is 17.3 Å². The number of methoxy groups -OCH3 is 1. The van der Waals surface area contributed by atoms with Crippen LogP contribution < -0.4 is 19.6 Å². The standard InChI is InChI=1S/C34H30IN3O7/c1-21-4-5-22(2)38(21)26-10-12-27(13-11-26)43-20-28-14-15-30(45-28)33(39)37-36-18-24-16-29(35)32(31(17-24)42-3)44-19-23-6-8-25(9-7-23)34(40)41/h4-18H,19-20H2,1-3H3,(H,37,39)(H,40,41)/b36-18+. The first-order chi connectivity index (χ1) is 21.7. The normalized spacial score (nSPS) is 11.0. The molecule has 10 nitrogen and oxygen atoms in total. The van der Waals surface area contributed by atoms with Gasteiger partial charge in [-0.15, -0.1) is 0 Å². The number of amides is 1. The number of aryl methyl sites for hydroxylation is 2. The summed E-state index contributed by atoms with van der Waals surface area (Å²) in [4.78, 5) is 23.7. The van der Waals surface area contributed by atoms with Gasteiger partial charge in [0, 0.05) is 17.1 Å². The summed E-state index contributed by atoms with van der Waals surface area (Å²) in [6.07, 6.45) is 1.49. The van der Waals surface area contributed by atoms with Gasteiger partial charge in [-0.2, -0.15) is 5.10 Å². The molecule has 3 aromatic carbocycles. The quantitative estimate of drug-likeness (QED) is 0.0815. The summed E-state index contributed by atoms with van der Waals surface area (Å²) in [6.45, 7) is 4.52. The molecule has 230 valence electrons. The van der Waals surface area contributed by atoms with E-state index in [0.29, 0.717) is 28.6 Å². The molecule has 0 fully saturated rings. The zero-order valence-electron chi connectivity index (χ0n) is 24.7. The minimum absolute atomic E-state index is 0.104. The van der Waals surface area contributed by atoms with E-state index in [-0.39, 0.29) is 24.5 Å². The fourth-order valence-corrected chi connectivity index (χ4v) is 5.35. The lowest BCUT2D eigenvalue weighted by atomic mass is 10.1. The summed E-state index contributed by atoms with van der Waals surface area (Å²) in [7, 11) is 1.53. The summed E-state index contributed by atoms with van der Waals surface area (Å²) in [5.74, 6) is 0.817. The summed E-state index contributed by atoms with van der Waals surface area (Å²) in [5, 5.41) is 13.1. The summed E-state index contributed by atoms with van der Waals surface area (Å²) < 4.78 is 25.9. The van der Waals surface area contributed by atoms with Gasteiger partial charge in [-0.1, -0.05) is 12.1 Å².